The number of para-hydroxylation sites is 1. The van der Waals surface area contributed by atoms with Crippen molar-refractivity contribution in [2.45, 2.75) is 45.1 Å². The molecule has 2 atom stereocenters. The summed E-state index contributed by atoms with van der Waals surface area (Å²) < 4.78 is 0. The number of nitrogens with zero attached hydrogens (tertiary/aromatic N) is 1. The maximum absolute atomic E-state index is 13.1. The molecule has 3 N–H and O–H groups in total. The molecule has 5 nitrogen and oxygen atoms in total. The molecule has 5 heteroatoms. The molecule has 0 saturated carbocycles. The van der Waals surface area contributed by atoms with Crippen molar-refractivity contribution < 1.29 is 4.79 Å². The third kappa shape index (κ3) is 3.27. The van der Waals surface area contributed by atoms with Crippen LogP contribution in [0, 0.1) is 11.8 Å². The van der Waals surface area contributed by atoms with Crippen molar-refractivity contribution in [2.75, 3.05) is 31.5 Å². The third-order valence-electron chi connectivity index (χ3n) is 6.31. The van der Waals surface area contributed by atoms with Gasteiger partial charge in [-0.15, -0.1) is 0 Å². The second-order valence-electron chi connectivity index (χ2n) is 7.72. The van der Waals surface area contributed by atoms with Crippen molar-refractivity contribution in [3.8, 4) is 0 Å². The molecule has 0 aromatic heterocycles. The molecule has 1 aromatic rings. The Labute approximate surface area is 150 Å². The quantitative estimate of drug-likeness (QED) is 0.789. The molecule has 0 aliphatic carbocycles. The van der Waals surface area contributed by atoms with Crippen molar-refractivity contribution in [1.82, 2.24) is 15.8 Å². The van der Waals surface area contributed by atoms with E-state index in [1.807, 2.05) is 12.1 Å². The highest BCUT2D eigenvalue weighted by Crippen LogP contribution is 2.31. The van der Waals surface area contributed by atoms with Crippen LogP contribution >= 0.6 is 0 Å². The van der Waals surface area contributed by atoms with Crippen LogP contribution < -0.4 is 16.2 Å². The van der Waals surface area contributed by atoms with Crippen LogP contribution in [0.3, 0.4) is 0 Å². The number of amides is 1. The summed E-state index contributed by atoms with van der Waals surface area (Å²) in [4.78, 5) is 15.1. The van der Waals surface area contributed by atoms with Crippen LogP contribution in [-0.2, 0) is 6.42 Å². The van der Waals surface area contributed by atoms with Crippen LogP contribution in [0.4, 0.5) is 5.69 Å². The summed E-state index contributed by atoms with van der Waals surface area (Å²) in [6, 6.07) is 6.73. The van der Waals surface area contributed by atoms with Crippen molar-refractivity contribution in [2.24, 2.45) is 11.8 Å². The number of hydrogen-bond acceptors (Lipinski definition) is 4. The minimum absolute atomic E-state index is 0.203. The van der Waals surface area contributed by atoms with Crippen LogP contribution in [0.2, 0.25) is 0 Å². The van der Waals surface area contributed by atoms with Crippen molar-refractivity contribution in [3.05, 3.63) is 29.3 Å². The number of fused-ring (bicyclic) bond motifs is 1. The average molecular weight is 342 g/mol. The monoisotopic (exact) mass is 342 g/mol. The summed E-state index contributed by atoms with van der Waals surface area (Å²) in [5.74, 6) is 1.60. The SMILES string of the molecule is CCC1CNNC1C1CCN(C(=O)c2cccc3c2NCCC3)CC1. The predicted molar refractivity (Wildman–Crippen MR) is 101 cm³/mol. The molecule has 1 amide bonds. The second kappa shape index (κ2) is 7.34. The Kier molecular flexibility index (Phi) is 4.95. The number of hydrazine groups is 1. The van der Waals surface area contributed by atoms with Gasteiger partial charge in [0.15, 0.2) is 0 Å². The van der Waals surface area contributed by atoms with Gasteiger partial charge in [-0.3, -0.25) is 15.6 Å². The lowest BCUT2D eigenvalue weighted by Crippen LogP contribution is -2.46. The smallest absolute Gasteiger partial charge is 0.255 e. The number of likely N-dealkylation sites (tertiary alicyclic amines) is 1. The molecular weight excluding hydrogens is 312 g/mol. The molecule has 3 aliphatic rings. The van der Waals surface area contributed by atoms with Gasteiger partial charge in [-0.2, -0.15) is 0 Å². The lowest BCUT2D eigenvalue weighted by atomic mass is 9.82. The number of hydrogen-bond donors (Lipinski definition) is 3. The Hall–Kier alpha value is -1.59. The zero-order chi connectivity index (χ0) is 17.2. The van der Waals surface area contributed by atoms with Crippen LogP contribution in [0.5, 0.6) is 0 Å². The fourth-order valence-corrected chi connectivity index (χ4v) is 4.77. The zero-order valence-electron chi connectivity index (χ0n) is 15.2. The van der Waals surface area contributed by atoms with E-state index in [0.29, 0.717) is 12.0 Å². The first-order valence-electron chi connectivity index (χ1n) is 9.91. The Morgan fingerprint density at radius 2 is 2.12 bits per heavy atom. The van der Waals surface area contributed by atoms with Crippen molar-refractivity contribution in [1.29, 1.82) is 0 Å². The van der Waals surface area contributed by atoms with Gasteiger partial charge in [-0.05, 0) is 49.1 Å². The molecule has 2 saturated heterocycles. The van der Waals surface area contributed by atoms with Gasteiger partial charge in [0, 0.05) is 32.2 Å². The Morgan fingerprint density at radius 3 is 2.92 bits per heavy atom. The first-order valence-corrected chi connectivity index (χ1v) is 9.91. The topological polar surface area (TPSA) is 56.4 Å². The number of aryl methyl sites for hydroxylation is 1. The van der Waals surface area contributed by atoms with E-state index < -0.39 is 0 Å². The summed E-state index contributed by atoms with van der Waals surface area (Å²) >= 11 is 0. The normalized spacial score (nSPS) is 27.0. The van der Waals surface area contributed by atoms with Gasteiger partial charge < -0.3 is 10.2 Å². The molecule has 1 aromatic carbocycles. The summed E-state index contributed by atoms with van der Waals surface area (Å²) in [6.45, 7) is 6.07. The molecule has 3 heterocycles. The summed E-state index contributed by atoms with van der Waals surface area (Å²) in [6.07, 6.45) is 5.64. The van der Waals surface area contributed by atoms with Crippen molar-refractivity contribution in [3.63, 3.8) is 0 Å². The highest BCUT2D eigenvalue weighted by molar-refractivity contribution is 6.00. The minimum Gasteiger partial charge on any atom is -0.384 e. The largest absolute Gasteiger partial charge is 0.384 e. The lowest BCUT2D eigenvalue weighted by molar-refractivity contribution is 0.0664. The molecule has 0 bridgehead atoms. The number of nitrogens with one attached hydrogen (secondary N) is 3. The number of anilines is 1. The first kappa shape index (κ1) is 16.9. The predicted octanol–water partition coefficient (Wildman–Crippen LogP) is 2.40. The minimum atomic E-state index is 0.203. The molecule has 2 fully saturated rings. The number of carbonyl (C=O) groups excluding carboxylic acids is 1. The van der Waals surface area contributed by atoms with Crippen LogP contribution in [0.15, 0.2) is 18.2 Å². The standard InChI is InChI=1S/C20H30N4O/c1-2-14-13-22-23-18(14)16-8-11-24(12-9-16)20(25)17-7-3-5-15-6-4-10-21-19(15)17/h3,5,7,14,16,18,21-23H,2,4,6,8-13H2,1H3. The second-order valence-corrected chi connectivity index (χ2v) is 7.72. The molecule has 136 valence electrons. The first-order chi connectivity index (χ1) is 12.3. The Morgan fingerprint density at radius 1 is 1.28 bits per heavy atom. The summed E-state index contributed by atoms with van der Waals surface area (Å²) in [5.41, 5.74) is 10.0. The van der Waals surface area contributed by atoms with E-state index in [4.69, 9.17) is 0 Å². The fraction of sp³-hybridized carbons (Fsp3) is 0.650. The highest BCUT2D eigenvalue weighted by atomic mass is 16.2. The van der Waals surface area contributed by atoms with E-state index in [9.17, 15) is 4.79 Å². The molecule has 0 radical (unpaired) electrons. The van der Waals surface area contributed by atoms with Gasteiger partial charge in [0.1, 0.15) is 0 Å². The lowest BCUT2D eigenvalue weighted by Gasteiger charge is -2.36. The summed E-state index contributed by atoms with van der Waals surface area (Å²) in [7, 11) is 0. The Balaban J connectivity index is 1.42. The van der Waals surface area contributed by atoms with Gasteiger partial charge >= 0.3 is 0 Å². The Bertz CT molecular complexity index is 624. The van der Waals surface area contributed by atoms with E-state index in [-0.39, 0.29) is 5.91 Å². The van der Waals surface area contributed by atoms with E-state index in [0.717, 1.165) is 69.0 Å². The highest BCUT2D eigenvalue weighted by Gasteiger charge is 2.35. The van der Waals surface area contributed by atoms with Crippen LogP contribution in [-0.4, -0.2) is 43.0 Å². The maximum atomic E-state index is 13.1. The van der Waals surface area contributed by atoms with Gasteiger partial charge in [-0.1, -0.05) is 25.5 Å². The number of carbonyl (C=O) groups is 1. The number of piperidine rings is 1. The van der Waals surface area contributed by atoms with E-state index in [2.05, 4.69) is 34.1 Å². The summed E-state index contributed by atoms with van der Waals surface area (Å²) in [5, 5.41) is 3.45. The van der Waals surface area contributed by atoms with E-state index in [1.54, 1.807) is 0 Å². The van der Waals surface area contributed by atoms with Gasteiger partial charge in [0.25, 0.3) is 5.91 Å². The maximum Gasteiger partial charge on any atom is 0.255 e. The van der Waals surface area contributed by atoms with E-state index >= 15 is 0 Å². The number of rotatable bonds is 3. The van der Waals surface area contributed by atoms with Crippen LogP contribution in [0.1, 0.15) is 48.5 Å². The molecule has 2 unspecified atom stereocenters. The third-order valence-corrected chi connectivity index (χ3v) is 6.31. The number of benzene rings is 1. The van der Waals surface area contributed by atoms with Gasteiger partial charge in [0.05, 0.1) is 11.3 Å². The molecule has 0 spiro atoms. The van der Waals surface area contributed by atoms with Crippen molar-refractivity contribution >= 4 is 11.6 Å². The fourth-order valence-electron chi connectivity index (χ4n) is 4.77. The average Bonchev–Trinajstić information content (AvgIpc) is 3.16. The van der Waals surface area contributed by atoms with Crippen LogP contribution in [0.25, 0.3) is 0 Å². The van der Waals surface area contributed by atoms with E-state index in [1.165, 1.54) is 12.0 Å². The zero-order valence-corrected chi connectivity index (χ0v) is 15.2. The molecule has 4 rings (SSSR count). The van der Waals surface area contributed by atoms with Gasteiger partial charge in [-0.25, -0.2) is 0 Å². The molecule has 25 heavy (non-hydrogen) atoms. The molecule has 3 aliphatic heterocycles. The molecular formula is C20H30N4O. The van der Waals surface area contributed by atoms with Gasteiger partial charge in [0.2, 0.25) is 0 Å².